The predicted molar refractivity (Wildman–Crippen MR) is 101 cm³/mol. The fourth-order valence-electron chi connectivity index (χ4n) is 5.76. The van der Waals surface area contributed by atoms with Gasteiger partial charge in [-0.15, -0.1) is 0 Å². The van der Waals surface area contributed by atoms with Gasteiger partial charge in [-0.1, -0.05) is 80.1 Å². The third-order valence-electron chi connectivity index (χ3n) is 6.80. The highest BCUT2D eigenvalue weighted by Gasteiger charge is 2.41. The predicted octanol–water partition coefficient (Wildman–Crippen LogP) is 7.72. The minimum Gasteiger partial charge on any atom is -0.0683 e. The Hall–Kier alpha value is 0. The zero-order valence-corrected chi connectivity index (χ0v) is 16.5. The molecule has 0 N–H and O–H groups in total. The second-order valence-corrected chi connectivity index (χ2v) is 8.04. The van der Waals surface area contributed by atoms with Crippen molar-refractivity contribution in [3.8, 4) is 0 Å². The summed E-state index contributed by atoms with van der Waals surface area (Å²) in [6.45, 7) is 13.9. The number of rotatable bonds is 3. The molecule has 0 aromatic rings. The van der Waals surface area contributed by atoms with E-state index in [4.69, 9.17) is 0 Å². The highest BCUT2D eigenvalue weighted by molar-refractivity contribution is 4.90. The number of fused-ring (bicyclic) bond motifs is 1. The SMILES string of the molecule is CC.CCC1CCC2C(C(C)C)CCCCCCC2C1CC. The van der Waals surface area contributed by atoms with Crippen LogP contribution in [0, 0.1) is 35.5 Å². The van der Waals surface area contributed by atoms with Gasteiger partial charge in [0.05, 0.1) is 0 Å². The molecule has 0 aromatic carbocycles. The van der Waals surface area contributed by atoms with Crippen LogP contribution < -0.4 is 0 Å². The lowest BCUT2D eigenvalue weighted by atomic mass is 9.58. The smallest absolute Gasteiger partial charge is 0.0352 e. The van der Waals surface area contributed by atoms with E-state index in [0.29, 0.717) is 0 Å². The highest BCUT2D eigenvalue weighted by Crippen LogP contribution is 2.50. The summed E-state index contributed by atoms with van der Waals surface area (Å²) in [5, 5.41) is 0. The summed E-state index contributed by atoms with van der Waals surface area (Å²) in [5.74, 6) is 6.11. The first kappa shape index (κ1) is 20.0. The van der Waals surface area contributed by atoms with Gasteiger partial charge in [0.15, 0.2) is 0 Å². The van der Waals surface area contributed by atoms with Gasteiger partial charge in [-0.2, -0.15) is 0 Å². The van der Waals surface area contributed by atoms with Gasteiger partial charge in [-0.3, -0.25) is 0 Å². The summed E-state index contributed by atoms with van der Waals surface area (Å²) in [6.07, 6.45) is 15.0. The topological polar surface area (TPSA) is 0 Å². The van der Waals surface area contributed by atoms with Crippen molar-refractivity contribution in [2.75, 3.05) is 0 Å². The van der Waals surface area contributed by atoms with Crippen molar-refractivity contribution < 1.29 is 0 Å². The third kappa shape index (κ3) is 5.00. The van der Waals surface area contributed by atoms with Crippen molar-refractivity contribution in [3.63, 3.8) is 0 Å². The van der Waals surface area contributed by atoms with Crippen LogP contribution in [0.3, 0.4) is 0 Å². The second-order valence-electron chi connectivity index (χ2n) is 8.04. The molecule has 0 spiro atoms. The average molecular weight is 309 g/mol. The quantitative estimate of drug-likeness (QED) is 0.500. The molecule has 2 saturated carbocycles. The lowest BCUT2D eigenvalue weighted by Crippen LogP contribution is -2.39. The van der Waals surface area contributed by atoms with Gasteiger partial charge in [0, 0.05) is 0 Å². The highest BCUT2D eigenvalue weighted by atomic mass is 14.5. The Morgan fingerprint density at radius 2 is 1.36 bits per heavy atom. The fourth-order valence-corrected chi connectivity index (χ4v) is 5.76. The molecule has 0 aromatic heterocycles. The summed E-state index contributed by atoms with van der Waals surface area (Å²) in [4.78, 5) is 0. The molecule has 2 aliphatic carbocycles. The van der Waals surface area contributed by atoms with Crippen LogP contribution in [-0.4, -0.2) is 0 Å². The molecule has 0 bridgehead atoms. The number of hydrogen-bond acceptors (Lipinski definition) is 0. The van der Waals surface area contributed by atoms with Crippen molar-refractivity contribution in [3.05, 3.63) is 0 Å². The fraction of sp³-hybridized carbons (Fsp3) is 1.00. The maximum atomic E-state index is 2.49. The minimum absolute atomic E-state index is 0.899. The van der Waals surface area contributed by atoms with E-state index in [1.54, 1.807) is 12.8 Å². The van der Waals surface area contributed by atoms with E-state index in [1.807, 2.05) is 13.8 Å². The van der Waals surface area contributed by atoms with Crippen LogP contribution >= 0.6 is 0 Å². The van der Waals surface area contributed by atoms with Crippen LogP contribution in [0.4, 0.5) is 0 Å². The first-order chi connectivity index (χ1) is 10.7. The molecule has 5 unspecified atom stereocenters. The van der Waals surface area contributed by atoms with E-state index < -0.39 is 0 Å². The summed E-state index contributed by atoms with van der Waals surface area (Å²) >= 11 is 0. The summed E-state index contributed by atoms with van der Waals surface area (Å²) in [6, 6.07) is 0. The Labute approximate surface area is 141 Å². The van der Waals surface area contributed by atoms with E-state index in [-0.39, 0.29) is 0 Å². The standard InChI is InChI=1S/C20H38.C2H6/c1-5-16-13-14-20-18(15(3)4)11-9-7-8-10-12-19(20)17(16)6-2;1-2/h15-20H,5-14H2,1-4H3;1-2H3. The van der Waals surface area contributed by atoms with Crippen molar-refractivity contribution in [1.29, 1.82) is 0 Å². The Bertz CT molecular complexity index is 267. The van der Waals surface area contributed by atoms with Gasteiger partial charge < -0.3 is 0 Å². The third-order valence-corrected chi connectivity index (χ3v) is 6.80. The molecule has 132 valence electrons. The zero-order valence-electron chi connectivity index (χ0n) is 16.5. The first-order valence-corrected chi connectivity index (χ1v) is 10.7. The maximum Gasteiger partial charge on any atom is -0.0352 e. The summed E-state index contributed by atoms with van der Waals surface area (Å²) in [5.41, 5.74) is 0. The van der Waals surface area contributed by atoms with E-state index in [0.717, 1.165) is 35.5 Å². The normalized spacial score (nSPS) is 36.4. The monoisotopic (exact) mass is 308 g/mol. The molecule has 0 amide bonds. The number of hydrogen-bond donors (Lipinski definition) is 0. The molecule has 2 fully saturated rings. The molecular weight excluding hydrogens is 264 g/mol. The molecule has 22 heavy (non-hydrogen) atoms. The van der Waals surface area contributed by atoms with Crippen molar-refractivity contribution in [2.45, 2.75) is 106 Å². The van der Waals surface area contributed by atoms with Gasteiger partial charge in [0.1, 0.15) is 0 Å². The van der Waals surface area contributed by atoms with Crippen LogP contribution in [0.15, 0.2) is 0 Å². The summed E-state index contributed by atoms with van der Waals surface area (Å²) in [7, 11) is 0. The Morgan fingerprint density at radius 1 is 0.727 bits per heavy atom. The Balaban J connectivity index is 0.00000116. The lowest BCUT2D eigenvalue weighted by Gasteiger charge is -2.47. The lowest BCUT2D eigenvalue weighted by molar-refractivity contribution is 0.0251. The minimum atomic E-state index is 0.899. The first-order valence-electron chi connectivity index (χ1n) is 10.7. The van der Waals surface area contributed by atoms with Crippen LogP contribution in [0.25, 0.3) is 0 Å². The Kier molecular flexibility index (Phi) is 9.76. The second kappa shape index (κ2) is 10.7. The molecule has 0 radical (unpaired) electrons. The van der Waals surface area contributed by atoms with Gasteiger partial charge in [-0.05, 0) is 61.2 Å². The molecule has 0 nitrogen and oxygen atoms in total. The molecule has 0 heterocycles. The summed E-state index contributed by atoms with van der Waals surface area (Å²) < 4.78 is 0. The van der Waals surface area contributed by atoms with Gasteiger partial charge >= 0.3 is 0 Å². The Morgan fingerprint density at radius 3 is 1.91 bits per heavy atom. The van der Waals surface area contributed by atoms with Crippen molar-refractivity contribution in [1.82, 2.24) is 0 Å². The van der Waals surface area contributed by atoms with E-state index in [1.165, 1.54) is 51.4 Å². The van der Waals surface area contributed by atoms with Gasteiger partial charge in [0.2, 0.25) is 0 Å². The zero-order chi connectivity index (χ0) is 16.5. The van der Waals surface area contributed by atoms with Crippen molar-refractivity contribution >= 4 is 0 Å². The molecule has 0 saturated heterocycles. The van der Waals surface area contributed by atoms with Crippen LogP contribution in [0.1, 0.15) is 106 Å². The molecule has 0 heteroatoms. The van der Waals surface area contributed by atoms with E-state index in [2.05, 4.69) is 27.7 Å². The van der Waals surface area contributed by atoms with Crippen LogP contribution in [0.5, 0.6) is 0 Å². The average Bonchev–Trinajstić information content (AvgIpc) is 2.65. The van der Waals surface area contributed by atoms with Gasteiger partial charge in [0.25, 0.3) is 0 Å². The molecule has 5 atom stereocenters. The van der Waals surface area contributed by atoms with E-state index in [9.17, 15) is 0 Å². The molecular formula is C22H44. The maximum absolute atomic E-state index is 2.49. The largest absolute Gasteiger partial charge is 0.0683 e. The molecule has 2 rings (SSSR count). The van der Waals surface area contributed by atoms with Crippen LogP contribution in [0.2, 0.25) is 0 Å². The van der Waals surface area contributed by atoms with E-state index >= 15 is 0 Å². The van der Waals surface area contributed by atoms with Crippen LogP contribution in [-0.2, 0) is 0 Å². The molecule has 2 aliphatic rings. The molecule has 0 aliphatic heterocycles. The van der Waals surface area contributed by atoms with Crippen molar-refractivity contribution in [2.24, 2.45) is 35.5 Å². The van der Waals surface area contributed by atoms with Gasteiger partial charge in [-0.25, -0.2) is 0 Å².